The van der Waals surface area contributed by atoms with Crippen molar-refractivity contribution in [3.63, 3.8) is 0 Å². The molecule has 1 aromatic rings. The molecule has 0 spiro atoms. The Hall–Kier alpha value is -1.84. The van der Waals surface area contributed by atoms with Crippen molar-refractivity contribution in [1.29, 1.82) is 0 Å². The third kappa shape index (κ3) is 4.31. The van der Waals surface area contributed by atoms with Gasteiger partial charge in [-0.25, -0.2) is 4.79 Å². The van der Waals surface area contributed by atoms with E-state index in [-0.39, 0.29) is 5.91 Å². The van der Waals surface area contributed by atoms with Gasteiger partial charge in [0, 0.05) is 13.0 Å². The molecule has 2 rings (SSSR count). The van der Waals surface area contributed by atoms with Crippen LogP contribution in [0.25, 0.3) is 0 Å². The Bertz CT molecular complexity index is 495. The van der Waals surface area contributed by atoms with Crippen molar-refractivity contribution in [3.05, 3.63) is 35.4 Å². The maximum Gasteiger partial charge on any atom is 0.326 e. The largest absolute Gasteiger partial charge is 0.480 e. The summed E-state index contributed by atoms with van der Waals surface area (Å²) in [6.07, 6.45) is 4.44. The van der Waals surface area contributed by atoms with E-state index < -0.39 is 12.0 Å². The lowest BCUT2D eigenvalue weighted by Gasteiger charge is -2.33. The number of piperidine rings is 1. The van der Waals surface area contributed by atoms with Gasteiger partial charge in [0.15, 0.2) is 0 Å². The van der Waals surface area contributed by atoms with Gasteiger partial charge in [-0.1, -0.05) is 29.8 Å². The minimum Gasteiger partial charge on any atom is -0.480 e. The van der Waals surface area contributed by atoms with Gasteiger partial charge >= 0.3 is 5.97 Å². The number of likely N-dealkylation sites (tertiary alicyclic amines) is 1. The molecule has 1 aromatic carbocycles. The molecule has 0 saturated carbocycles. The van der Waals surface area contributed by atoms with E-state index in [4.69, 9.17) is 0 Å². The molecule has 1 N–H and O–H groups in total. The number of hydrogen-bond donors (Lipinski definition) is 1. The molecule has 0 aliphatic carbocycles. The molecule has 1 aliphatic heterocycles. The van der Waals surface area contributed by atoms with Crippen LogP contribution in [-0.2, 0) is 16.0 Å². The van der Waals surface area contributed by atoms with Gasteiger partial charge in [-0.15, -0.1) is 0 Å². The SMILES string of the molecule is Cc1ccc(CCCC(=O)N2CCCC[C@@H]2C(=O)O)cc1. The summed E-state index contributed by atoms with van der Waals surface area (Å²) in [4.78, 5) is 25.0. The molecular formula is C17H23NO3. The predicted octanol–water partition coefficient (Wildman–Crippen LogP) is 2.78. The van der Waals surface area contributed by atoms with Crippen molar-refractivity contribution < 1.29 is 14.7 Å². The Balaban J connectivity index is 1.83. The summed E-state index contributed by atoms with van der Waals surface area (Å²) in [7, 11) is 0. The molecular weight excluding hydrogens is 266 g/mol. The van der Waals surface area contributed by atoms with Crippen molar-refractivity contribution in [2.75, 3.05) is 6.54 Å². The molecule has 4 heteroatoms. The second kappa shape index (κ2) is 7.25. The van der Waals surface area contributed by atoms with Crippen LogP contribution in [0.15, 0.2) is 24.3 Å². The average Bonchev–Trinajstić information content (AvgIpc) is 2.49. The van der Waals surface area contributed by atoms with E-state index in [0.29, 0.717) is 19.4 Å². The first-order valence-corrected chi connectivity index (χ1v) is 7.66. The lowest BCUT2D eigenvalue weighted by Crippen LogP contribution is -2.47. The van der Waals surface area contributed by atoms with Crippen molar-refractivity contribution in [3.8, 4) is 0 Å². The van der Waals surface area contributed by atoms with Crippen LogP contribution in [0.3, 0.4) is 0 Å². The van der Waals surface area contributed by atoms with Crippen LogP contribution in [0.2, 0.25) is 0 Å². The van der Waals surface area contributed by atoms with Crippen LogP contribution in [0.4, 0.5) is 0 Å². The first-order chi connectivity index (χ1) is 10.1. The number of carboxylic acids is 1. The van der Waals surface area contributed by atoms with Crippen LogP contribution in [0, 0.1) is 6.92 Å². The number of carboxylic acid groups (broad SMARTS) is 1. The molecule has 1 heterocycles. The number of carbonyl (C=O) groups is 2. The van der Waals surface area contributed by atoms with Crippen LogP contribution in [0.1, 0.15) is 43.2 Å². The van der Waals surface area contributed by atoms with Gasteiger partial charge in [0.05, 0.1) is 0 Å². The van der Waals surface area contributed by atoms with Crippen LogP contribution < -0.4 is 0 Å². The monoisotopic (exact) mass is 289 g/mol. The standard InChI is InChI=1S/C17H23NO3/c1-13-8-10-14(11-9-13)5-4-7-16(19)18-12-3-2-6-15(18)17(20)21/h8-11,15H,2-7,12H2,1H3,(H,20,21)/t15-/m1/s1. The van der Waals surface area contributed by atoms with Crippen LogP contribution >= 0.6 is 0 Å². The number of rotatable bonds is 5. The summed E-state index contributed by atoms with van der Waals surface area (Å²) in [6, 6.07) is 7.69. The minimum atomic E-state index is -0.874. The molecule has 1 atom stereocenters. The highest BCUT2D eigenvalue weighted by Gasteiger charge is 2.31. The zero-order chi connectivity index (χ0) is 15.2. The van der Waals surface area contributed by atoms with Gasteiger partial charge < -0.3 is 10.0 Å². The summed E-state index contributed by atoms with van der Waals surface area (Å²) in [5.41, 5.74) is 2.45. The van der Waals surface area contributed by atoms with Crippen molar-refractivity contribution >= 4 is 11.9 Å². The normalized spacial score (nSPS) is 18.5. The van der Waals surface area contributed by atoms with Crippen molar-refractivity contribution in [2.45, 2.75) is 51.5 Å². The van der Waals surface area contributed by atoms with Gasteiger partial charge in [0.25, 0.3) is 0 Å². The number of benzene rings is 1. The van der Waals surface area contributed by atoms with Crippen molar-refractivity contribution in [1.82, 2.24) is 4.90 Å². The first-order valence-electron chi connectivity index (χ1n) is 7.66. The summed E-state index contributed by atoms with van der Waals surface area (Å²) >= 11 is 0. The number of nitrogens with zero attached hydrogens (tertiary/aromatic N) is 1. The van der Waals surface area contributed by atoms with E-state index in [1.54, 1.807) is 4.90 Å². The van der Waals surface area contributed by atoms with Crippen LogP contribution in [-0.4, -0.2) is 34.5 Å². The highest BCUT2D eigenvalue weighted by Crippen LogP contribution is 2.19. The van der Waals surface area contributed by atoms with Gasteiger partial charge in [-0.3, -0.25) is 4.79 Å². The van der Waals surface area contributed by atoms with Gasteiger partial charge in [-0.05, 0) is 44.6 Å². The number of hydrogen-bond acceptors (Lipinski definition) is 2. The number of amides is 1. The smallest absolute Gasteiger partial charge is 0.326 e. The molecule has 114 valence electrons. The third-order valence-corrected chi connectivity index (χ3v) is 4.08. The third-order valence-electron chi connectivity index (χ3n) is 4.08. The molecule has 4 nitrogen and oxygen atoms in total. The number of aliphatic carboxylic acids is 1. The Morgan fingerprint density at radius 1 is 1.24 bits per heavy atom. The molecule has 1 aliphatic rings. The molecule has 1 amide bonds. The topological polar surface area (TPSA) is 57.6 Å². The van der Waals surface area contributed by atoms with E-state index in [2.05, 4.69) is 31.2 Å². The van der Waals surface area contributed by atoms with E-state index in [1.165, 1.54) is 11.1 Å². The predicted molar refractivity (Wildman–Crippen MR) is 81.1 cm³/mol. The Morgan fingerprint density at radius 2 is 1.95 bits per heavy atom. The van der Waals surface area contributed by atoms with E-state index in [0.717, 1.165) is 25.7 Å². The van der Waals surface area contributed by atoms with E-state index in [9.17, 15) is 14.7 Å². The lowest BCUT2D eigenvalue weighted by molar-refractivity contribution is -0.152. The molecule has 0 radical (unpaired) electrons. The van der Waals surface area contributed by atoms with Gasteiger partial charge in [0.1, 0.15) is 6.04 Å². The fourth-order valence-electron chi connectivity index (χ4n) is 2.83. The average molecular weight is 289 g/mol. The fraction of sp³-hybridized carbons (Fsp3) is 0.529. The van der Waals surface area contributed by atoms with E-state index in [1.807, 2.05) is 0 Å². The zero-order valence-electron chi connectivity index (χ0n) is 12.5. The molecule has 0 aromatic heterocycles. The maximum absolute atomic E-state index is 12.2. The molecule has 21 heavy (non-hydrogen) atoms. The maximum atomic E-state index is 12.2. The lowest BCUT2D eigenvalue weighted by atomic mass is 10.0. The molecule has 0 bridgehead atoms. The number of carbonyl (C=O) groups excluding carboxylic acids is 1. The minimum absolute atomic E-state index is 0.0192. The number of aryl methyl sites for hydroxylation is 2. The summed E-state index contributed by atoms with van der Waals surface area (Å²) in [5.74, 6) is -0.893. The van der Waals surface area contributed by atoms with Crippen LogP contribution in [0.5, 0.6) is 0 Å². The Kier molecular flexibility index (Phi) is 5.37. The quantitative estimate of drug-likeness (QED) is 0.906. The molecule has 0 unspecified atom stereocenters. The van der Waals surface area contributed by atoms with Gasteiger partial charge in [0.2, 0.25) is 5.91 Å². The van der Waals surface area contributed by atoms with Gasteiger partial charge in [-0.2, -0.15) is 0 Å². The summed E-state index contributed by atoms with van der Waals surface area (Å²) in [5, 5.41) is 9.19. The first kappa shape index (κ1) is 15.5. The fourth-order valence-corrected chi connectivity index (χ4v) is 2.83. The van der Waals surface area contributed by atoms with Crippen molar-refractivity contribution in [2.24, 2.45) is 0 Å². The Labute approximate surface area is 125 Å². The zero-order valence-corrected chi connectivity index (χ0v) is 12.5. The van der Waals surface area contributed by atoms with E-state index >= 15 is 0 Å². The summed E-state index contributed by atoms with van der Waals surface area (Å²) < 4.78 is 0. The highest BCUT2D eigenvalue weighted by atomic mass is 16.4. The summed E-state index contributed by atoms with van der Waals surface area (Å²) in [6.45, 7) is 2.63. The molecule has 1 fully saturated rings. The second-order valence-electron chi connectivity index (χ2n) is 5.78. The second-order valence-corrected chi connectivity index (χ2v) is 5.78. The highest BCUT2D eigenvalue weighted by molar-refractivity contribution is 5.83. The molecule has 1 saturated heterocycles. The Morgan fingerprint density at radius 3 is 2.62 bits per heavy atom.